The fourth-order valence-corrected chi connectivity index (χ4v) is 5.53. The van der Waals surface area contributed by atoms with E-state index in [2.05, 4.69) is 6.58 Å². The molecule has 2 aliphatic rings. The summed E-state index contributed by atoms with van der Waals surface area (Å²) in [4.78, 5) is 28.4. The number of para-hydroxylation sites is 2. The van der Waals surface area contributed by atoms with Gasteiger partial charge in [-0.2, -0.15) is 11.8 Å². The molecule has 0 radical (unpaired) electrons. The highest BCUT2D eigenvalue weighted by Crippen LogP contribution is 2.40. The van der Waals surface area contributed by atoms with Crippen LogP contribution in [0.5, 0.6) is 0 Å². The summed E-state index contributed by atoms with van der Waals surface area (Å²) in [5.41, 5.74) is 8.41. The summed E-state index contributed by atoms with van der Waals surface area (Å²) in [6.45, 7) is 4.26. The van der Waals surface area contributed by atoms with Gasteiger partial charge < -0.3 is 20.3 Å². The first-order valence-corrected chi connectivity index (χ1v) is 10.7. The molecule has 1 fully saturated rings. The second kappa shape index (κ2) is 8.31. The molecule has 0 bridgehead atoms. The Hall–Kier alpha value is -2.06. The fourth-order valence-electron chi connectivity index (χ4n) is 3.12. The van der Waals surface area contributed by atoms with Crippen LogP contribution in [-0.4, -0.2) is 55.1 Å². The summed E-state index contributed by atoms with van der Waals surface area (Å²) in [6.07, 6.45) is 0. The number of carbonyl (C=O) groups is 2. The Balaban J connectivity index is 1.79. The number of nitrogens with zero attached hydrogens (tertiary/aromatic N) is 2. The maximum atomic E-state index is 12.7. The molecule has 3 rings (SSSR count). The highest BCUT2D eigenvalue weighted by atomic mass is 32.2. The third-order valence-electron chi connectivity index (χ3n) is 4.45. The van der Waals surface area contributed by atoms with Crippen molar-refractivity contribution in [2.45, 2.75) is 5.25 Å². The average Bonchev–Trinajstić information content (AvgIpc) is 2.78. The largest absolute Gasteiger partial charge is 0.461 e. The molecule has 8 heteroatoms. The number of anilines is 2. The summed E-state index contributed by atoms with van der Waals surface area (Å²) < 4.78 is 5.49. The summed E-state index contributed by atoms with van der Waals surface area (Å²) >= 11 is 3.51. The maximum Gasteiger partial charge on any atom is 0.347 e. The van der Waals surface area contributed by atoms with E-state index in [0.29, 0.717) is 5.82 Å². The number of hydrogen-bond acceptors (Lipinski definition) is 7. The van der Waals surface area contributed by atoms with Crippen LogP contribution in [-0.2, 0) is 14.3 Å². The van der Waals surface area contributed by atoms with Crippen LogP contribution >= 0.6 is 23.5 Å². The molecule has 0 saturated carbocycles. The van der Waals surface area contributed by atoms with Crippen LogP contribution in [0.25, 0.3) is 0 Å². The van der Waals surface area contributed by atoms with Crippen molar-refractivity contribution in [1.29, 1.82) is 0 Å². The Morgan fingerprint density at radius 3 is 2.44 bits per heavy atom. The lowest BCUT2D eigenvalue weighted by Crippen LogP contribution is -2.34. The Labute approximate surface area is 167 Å². The van der Waals surface area contributed by atoms with Crippen LogP contribution in [0.4, 0.5) is 11.4 Å². The average molecular weight is 406 g/mol. The van der Waals surface area contributed by atoms with E-state index in [0.717, 1.165) is 28.6 Å². The van der Waals surface area contributed by atoms with E-state index in [1.54, 1.807) is 47.4 Å². The predicted molar refractivity (Wildman–Crippen MR) is 113 cm³/mol. The van der Waals surface area contributed by atoms with Crippen molar-refractivity contribution < 1.29 is 14.3 Å². The highest BCUT2D eigenvalue weighted by Gasteiger charge is 2.34. The van der Waals surface area contributed by atoms with E-state index in [-0.39, 0.29) is 17.4 Å². The van der Waals surface area contributed by atoms with Gasteiger partial charge in [0.2, 0.25) is 0 Å². The SMILES string of the molecule is C=C1CSCC(COC(=O)C(C(N)=O)=C2N(C)c3ccccc3N2C)SC1. The van der Waals surface area contributed by atoms with E-state index in [1.807, 2.05) is 24.3 Å². The lowest BCUT2D eigenvalue weighted by atomic mass is 10.2. The van der Waals surface area contributed by atoms with Crippen LogP contribution in [0, 0.1) is 0 Å². The minimum atomic E-state index is -0.794. The number of esters is 1. The third kappa shape index (κ3) is 4.11. The number of hydrogen-bond donors (Lipinski definition) is 1. The van der Waals surface area contributed by atoms with Gasteiger partial charge in [-0.15, -0.1) is 11.8 Å². The molecule has 2 N–H and O–H groups in total. The number of nitrogens with two attached hydrogens (primary N) is 1. The summed E-state index contributed by atoms with van der Waals surface area (Å²) in [7, 11) is 3.61. The van der Waals surface area contributed by atoms with Crippen LogP contribution in [0.15, 0.2) is 47.8 Å². The van der Waals surface area contributed by atoms with Crippen molar-refractivity contribution in [1.82, 2.24) is 0 Å². The first kappa shape index (κ1) is 19.7. The van der Waals surface area contributed by atoms with Gasteiger partial charge in [0.05, 0.1) is 11.4 Å². The maximum absolute atomic E-state index is 12.7. The lowest BCUT2D eigenvalue weighted by Gasteiger charge is -2.21. The van der Waals surface area contributed by atoms with Crippen molar-refractivity contribution in [3.63, 3.8) is 0 Å². The molecule has 1 aromatic carbocycles. The van der Waals surface area contributed by atoms with E-state index >= 15 is 0 Å². The van der Waals surface area contributed by atoms with Gasteiger partial charge in [0, 0.05) is 36.6 Å². The smallest absolute Gasteiger partial charge is 0.347 e. The predicted octanol–water partition coefficient (Wildman–Crippen LogP) is 2.22. The molecule has 0 aliphatic carbocycles. The zero-order valence-electron chi connectivity index (χ0n) is 15.4. The van der Waals surface area contributed by atoms with E-state index in [9.17, 15) is 9.59 Å². The monoisotopic (exact) mass is 405 g/mol. The number of rotatable bonds is 4. The molecule has 1 saturated heterocycles. The Morgan fingerprint density at radius 2 is 1.85 bits per heavy atom. The number of primary amides is 1. The van der Waals surface area contributed by atoms with Gasteiger partial charge in [0.25, 0.3) is 5.91 Å². The van der Waals surface area contributed by atoms with Crippen molar-refractivity contribution in [3.05, 3.63) is 47.8 Å². The van der Waals surface area contributed by atoms with Crippen molar-refractivity contribution in [3.8, 4) is 0 Å². The van der Waals surface area contributed by atoms with Gasteiger partial charge in [-0.1, -0.05) is 24.3 Å². The highest BCUT2D eigenvalue weighted by molar-refractivity contribution is 8.04. The van der Waals surface area contributed by atoms with Gasteiger partial charge in [0.15, 0.2) is 5.57 Å². The van der Waals surface area contributed by atoms with Crippen LogP contribution in [0.1, 0.15) is 0 Å². The molecular formula is C19H23N3O3S2. The molecule has 144 valence electrons. The summed E-state index contributed by atoms with van der Waals surface area (Å²) in [5.74, 6) is 1.63. The zero-order chi connectivity index (χ0) is 19.6. The fraction of sp³-hybridized carbons (Fsp3) is 0.368. The standard InChI is InChI=1S/C19H23N3O3S2/c1-12-9-26-11-13(27-10-12)8-25-19(24)16(17(20)23)18-21(2)14-6-4-5-7-15(14)22(18)3/h4-7,13H,1,8-11H2,2-3H3,(H2,20,23). The lowest BCUT2D eigenvalue weighted by molar-refractivity contribution is -0.140. The van der Waals surface area contributed by atoms with Gasteiger partial charge >= 0.3 is 5.97 Å². The Bertz CT molecular complexity index is 778. The van der Waals surface area contributed by atoms with Crippen molar-refractivity contribution >= 4 is 46.8 Å². The number of carbonyl (C=O) groups excluding carboxylic acids is 2. The van der Waals surface area contributed by atoms with Gasteiger partial charge in [0.1, 0.15) is 12.4 Å². The summed E-state index contributed by atoms with van der Waals surface area (Å²) in [6, 6.07) is 7.66. The van der Waals surface area contributed by atoms with E-state index < -0.39 is 11.9 Å². The molecule has 0 aromatic heterocycles. The molecule has 1 amide bonds. The van der Waals surface area contributed by atoms with Crippen LogP contribution in [0.2, 0.25) is 0 Å². The quantitative estimate of drug-likeness (QED) is 0.271. The number of amides is 1. The molecule has 2 heterocycles. The molecule has 1 atom stereocenters. The second-order valence-electron chi connectivity index (χ2n) is 6.47. The third-order valence-corrected chi connectivity index (χ3v) is 7.26. The van der Waals surface area contributed by atoms with E-state index in [4.69, 9.17) is 10.5 Å². The minimum Gasteiger partial charge on any atom is -0.461 e. The Morgan fingerprint density at radius 1 is 1.22 bits per heavy atom. The van der Waals surface area contributed by atoms with Gasteiger partial charge in [-0.05, 0) is 12.1 Å². The number of ether oxygens (including phenoxy) is 1. The number of benzene rings is 1. The van der Waals surface area contributed by atoms with Gasteiger partial charge in [-0.3, -0.25) is 4.79 Å². The summed E-state index contributed by atoms with van der Waals surface area (Å²) in [5, 5.41) is 0.175. The molecule has 1 unspecified atom stereocenters. The van der Waals surface area contributed by atoms with E-state index in [1.165, 1.54) is 5.57 Å². The normalized spacial score (nSPS) is 19.6. The second-order valence-corrected chi connectivity index (χ2v) is 8.79. The van der Waals surface area contributed by atoms with Crippen molar-refractivity contribution in [2.75, 3.05) is 47.8 Å². The number of thioether (sulfide) groups is 2. The first-order valence-electron chi connectivity index (χ1n) is 8.53. The minimum absolute atomic E-state index is 0.133. The molecular weight excluding hydrogens is 382 g/mol. The topological polar surface area (TPSA) is 75.9 Å². The number of fused-ring (bicyclic) bond motifs is 1. The van der Waals surface area contributed by atoms with Crippen LogP contribution in [0.3, 0.4) is 0 Å². The molecule has 27 heavy (non-hydrogen) atoms. The molecule has 0 spiro atoms. The van der Waals surface area contributed by atoms with Gasteiger partial charge in [-0.25, -0.2) is 4.79 Å². The van der Waals surface area contributed by atoms with Crippen molar-refractivity contribution in [2.24, 2.45) is 5.73 Å². The first-order chi connectivity index (χ1) is 12.9. The molecule has 1 aromatic rings. The molecule has 2 aliphatic heterocycles. The zero-order valence-corrected chi connectivity index (χ0v) is 17.1. The Kier molecular flexibility index (Phi) is 6.06. The van der Waals surface area contributed by atoms with Crippen LogP contribution < -0.4 is 15.5 Å². The molecule has 6 nitrogen and oxygen atoms in total.